The summed E-state index contributed by atoms with van der Waals surface area (Å²) < 4.78 is 2.04. The van der Waals surface area contributed by atoms with E-state index in [1.807, 2.05) is 23.7 Å². The Bertz CT molecular complexity index is 709. The SMILES string of the molecule is Cc1nn(CC(C)C)c(C)c1CCC(=O)NNc1cccc(Cl)c1. The van der Waals surface area contributed by atoms with E-state index in [1.54, 1.807) is 12.1 Å². The van der Waals surface area contributed by atoms with Gasteiger partial charge in [-0.05, 0) is 49.9 Å². The first kappa shape index (κ1) is 18.3. The molecule has 1 aromatic carbocycles. The third-order valence-electron chi connectivity index (χ3n) is 3.84. The summed E-state index contributed by atoms with van der Waals surface area (Å²) in [7, 11) is 0. The number of halogens is 1. The van der Waals surface area contributed by atoms with Crippen LogP contribution in [0.2, 0.25) is 5.02 Å². The predicted octanol–water partition coefficient (Wildman–Crippen LogP) is 3.89. The summed E-state index contributed by atoms with van der Waals surface area (Å²) in [4.78, 5) is 12.0. The lowest BCUT2D eigenvalue weighted by atomic mass is 10.1. The maximum atomic E-state index is 12.0. The highest BCUT2D eigenvalue weighted by atomic mass is 35.5. The van der Waals surface area contributed by atoms with Crippen molar-refractivity contribution in [2.24, 2.45) is 5.92 Å². The lowest BCUT2D eigenvalue weighted by molar-refractivity contribution is -0.120. The van der Waals surface area contributed by atoms with Crippen LogP contribution in [-0.4, -0.2) is 15.7 Å². The van der Waals surface area contributed by atoms with Crippen LogP contribution in [-0.2, 0) is 17.8 Å². The monoisotopic (exact) mass is 348 g/mol. The topological polar surface area (TPSA) is 59.0 Å². The molecule has 0 saturated heterocycles. The first-order valence-electron chi connectivity index (χ1n) is 8.20. The van der Waals surface area contributed by atoms with Gasteiger partial charge < -0.3 is 0 Å². The largest absolute Gasteiger partial charge is 0.299 e. The average molecular weight is 349 g/mol. The fourth-order valence-electron chi connectivity index (χ4n) is 2.63. The summed E-state index contributed by atoms with van der Waals surface area (Å²) in [5, 5.41) is 5.21. The third kappa shape index (κ3) is 4.99. The number of benzene rings is 1. The minimum Gasteiger partial charge on any atom is -0.299 e. The van der Waals surface area contributed by atoms with Gasteiger partial charge in [-0.25, -0.2) is 0 Å². The van der Waals surface area contributed by atoms with Gasteiger partial charge in [-0.3, -0.25) is 20.3 Å². The highest BCUT2D eigenvalue weighted by molar-refractivity contribution is 6.30. The molecule has 5 nitrogen and oxygen atoms in total. The van der Waals surface area contributed by atoms with Crippen molar-refractivity contribution in [2.45, 2.75) is 47.1 Å². The predicted molar refractivity (Wildman–Crippen MR) is 98.1 cm³/mol. The number of rotatable bonds is 7. The molecular formula is C18H25ClN4O. The van der Waals surface area contributed by atoms with Crippen molar-refractivity contribution in [2.75, 3.05) is 5.43 Å². The molecule has 2 N–H and O–H groups in total. The summed E-state index contributed by atoms with van der Waals surface area (Å²) in [6.07, 6.45) is 1.08. The normalized spacial score (nSPS) is 10.9. The Labute approximate surface area is 148 Å². The van der Waals surface area contributed by atoms with E-state index in [1.165, 1.54) is 0 Å². The molecule has 0 saturated carbocycles. The van der Waals surface area contributed by atoms with E-state index in [-0.39, 0.29) is 5.91 Å². The maximum Gasteiger partial charge on any atom is 0.238 e. The van der Waals surface area contributed by atoms with Crippen LogP contribution in [0.25, 0.3) is 0 Å². The van der Waals surface area contributed by atoms with Crippen LogP contribution in [0.1, 0.15) is 37.2 Å². The van der Waals surface area contributed by atoms with Crippen molar-refractivity contribution in [1.29, 1.82) is 0 Å². The van der Waals surface area contributed by atoms with Crippen LogP contribution >= 0.6 is 11.6 Å². The summed E-state index contributed by atoms with van der Waals surface area (Å²) >= 11 is 5.91. The molecular weight excluding hydrogens is 324 g/mol. The number of hydrazine groups is 1. The van der Waals surface area contributed by atoms with Crippen molar-refractivity contribution >= 4 is 23.2 Å². The van der Waals surface area contributed by atoms with Gasteiger partial charge in [-0.1, -0.05) is 31.5 Å². The number of hydrogen-bond acceptors (Lipinski definition) is 3. The first-order chi connectivity index (χ1) is 11.4. The summed E-state index contributed by atoms with van der Waals surface area (Å²) in [5.41, 5.74) is 9.65. The van der Waals surface area contributed by atoms with Crippen LogP contribution in [0.5, 0.6) is 0 Å². The van der Waals surface area contributed by atoms with E-state index < -0.39 is 0 Å². The molecule has 0 radical (unpaired) electrons. The van der Waals surface area contributed by atoms with E-state index in [9.17, 15) is 4.79 Å². The van der Waals surface area contributed by atoms with Crippen molar-refractivity contribution in [3.63, 3.8) is 0 Å². The number of hydrogen-bond donors (Lipinski definition) is 2. The minimum atomic E-state index is -0.0645. The van der Waals surface area contributed by atoms with Crippen LogP contribution in [0.15, 0.2) is 24.3 Å². The van der Waals surface area contributed by atoms with Crippen LogP contribution < -0.4 is 10.9 Å². The number of aryl methyl sites for hydroxylation is 1. The quantitative estimate of drug-likeness (QED) is 0.746. The Morgan fingerprint density at radius 1 is 1.33 bits per heavy atom. The Hall–Kier alpha value is -2.01. The Morgan fingerprint density at radius 2 is 2.08 bits per heavy atom. The lowest BCUT2D eigenvalue weighted by Crippen LogP contribution is -2.29. The lowest BCUT2D eigenvalue weighted by Gasteiger charge is -2.09. The molecule has 0 fully saturated rings. The first-order valence-corrected chi connectivity index (χ1v) is 8.58. The second kappa shape index (κ2) is 8.20. The molecule has 0 spiro atoms. The summed E-state index contributed by atoms with van der Waals surface area (Å²) in [6.45, 7) is 9.31. The fraction of sp³-hybridized carbons (Fsp3) is 0.444. The highest BCUT2D eigenvalue weighted by Crippen LogP contribution is 2.17. The molecule has 0 aliphatic carbocycles. The Kier molecular flexibility index (Phi) is 6.26. The second-order valence-corrected chi connectivity index (χ2v) is 6.85. The Morgan fingerprint density at radius 3 is 2.75 bits per heavy atom. The van der Waals surface area contributed by atoms with Gasteiger partial charge in [0.1, 0.15) is 0 Å². The van der Waals surface area contributed by atoms with Crippen molar-refractivity contribution in [3.05, 3.63) is 46.2 Å². The molecule has 6 heteroatoms. The van der Waals surface area contributed by atoms with E-state index in [0.717, 1.165) is 29.2 Å². The molecule has 0 bridgehead atoms. The maximum absolute atomic E-state index is 12.0. The molecule has 2 aromatic rings. The van der Waals surface area contributed by atoms with Gasteiger partial charge in [0.25, 0.3) is 0 Å². The third-order valence-corrected chi connectivity index (χ3v) is 4.08. The van der Waals surface area contributed by atoms with E-state index in [0.29, 0.717) is 23.8 Å². The standard InChI is InChI=1S/C18H25ClN4O/c1-12(2)11-23-14(4)17(13(3)22-23)8-9-18(24)21-20-16-7-5-6-15(19)10-16/h5-7,10,12,20H,8-9,11H2,1-4H3,(H,21,24). The number of aromatic nitrogens is 2. The molecule has 2 rings (SSSR count). The van der Waals surface area contributed by atoms with Gasteiger partial charge in [0, 0.05) is 23.7 Å². The van der Waals surface area contributed by atoms with Gasteiger partial charge in [-0.15, -0.1) is 0 Å². The molecule has 1 amide bonds. The van der Waals surface area contributed by atoms with Crippen LogP contribution in [0.4, 0.5) is 5.69 Å². The van der Waals surface area contributed by atoms with E-state index in [2.05, 4.69) is 36.7 Å². The number of amides is 1. The molecule has 24 heavy (non-hydrogen) atoms. The second-order valence-electron chi connectivity index (χ2n) is 6.41. The summed E-state index contributed by atoms with van der Waals surface area (Å²) in [6, 6.07) is 7.21. The summed E-state index contributed by atoms with van der Waals surface area (Å²) in [5.74, 6) is 0.478. The van der Waals surface area contributed by atoms with Crippen LogP contribution in [0.3, 0.4) is 0 Å². The molecule has 0 atom stereocenters. The van der Waals surface area contributed by atoms with E-state index >= 15 is 0 Å². The minimum absolute atomic E-state index is 0.0645. The zero-order valence-corrected chi connectivity index (χ0v) is 15.4. The van der Waals surface area contributed by atoms with Gasteiger partial charge >= 0.3 is 0 Å². The Balaban J connectivity index is 1.88. The zero-order chi connectivity index (χ0) is 17.7. The molecule has 0 unspecified atom stereocenters. The van der Waals surface area contributed by atoms with Crippen molar-refractivity contribution in [3.8, 4) is 0 Å². The highest BCUT2D eigenvalue weighted by Gasteiger charge is 2.13. The molecule has 1 aromatic heterocycles. The number of carbonyl (C=O) groups excluding carboxylic acids is 1. The van der Waals surface area contributed by atoms with Crippen LogP contribution in [0, 0.1) is 19.8 Å². The smallest absolute Gasteiger partial charge is 0.238 e. The fourth-order valence-corrected chi connectivity index (χ4v) is 2.82. The van der Waals surface area contributed by atoms with Crippen molar-refractivity contribution in [1.82, 2.24) is 15.2 Å². The number of carbonyl (C=O) groups is 1. The number of anilines is 1. The number of nitrogens with zero attached hydrogens (tertiary/aromatic N) is 2. The molecule has 0 aliphatic rings. The van der Waals surface area contributed by atoms with Gasteiger partial charge in [-0.2, -0.15) is 5.10 Å². The van der Waals surface area contributed by atoms with E-state index in [4.69, 9.17) is 11.6 Å². The molecule has 130 valence electrons. The average Bonchev–Trinajstić information content (AvgIpc) is 2.77. The zero-order valence-electron chi connectivity index (χ0n) is 14.7. The van der Waals surface area contributed by atoms with Crippen molar-refractivity contribution < 1.29 is 4.79 Å². The molecule has 0 aliphatic heterocycles. The van der Waals surface area contributed by atoms with Gasteiger partial charge in [0.05, 0.1) is 11.4 Å². The van der Waals surface area contributed by atoms with Gasteiger partial charge in [0.2, 0.25) is 5.91 Å². The van der Waals surface area contributed by atoms with Gasteiger partial charge in [0.15, 0.2) is 0 Å². The molecule has 1 heterocycles. The number of nitrogens with one attached hydrogen (secondary N) is 2.